The van der Waals surface area contributed by atoms with E-state index in [1.807, 2.05) is 19.2 Å². The molecule has 5 heteroatoms. The Bertz CT molecular complexity index is 550. The molecule has 1 aromatic heterocycles. The van der Waals surface area contributed by atoms with Crippen LogP contribution in [-0.2, 0) is 0 Å². The minimum absolute atomic E-state index is 0.0423. The van der Waals surface area contributed by atoms with E-state index in [2.05, 4.69) is 11.9 Å². The molecule has 1 aromatic carbocycles. The van der Waals surface area contributed by atoms with Crippen molar-refractivity contribution in [3.05, 3.63) is 23.8 Å². The zero-order valence-corrected chi connectivity index (χ0v) is 10.8. The zero-order valence-electron chi connectivity index (χ0n) is 9.93. The molecule has 0 bridgehead atoms. The van der Waals surface area contributed by atoms with E-state index in [-0.39, 0.29) is 5.91 Å². The van der Waals surface area contributed by atoms with Gasteiger partial charge in [0.05, 0.1) is 10.2 Å². The molecule has 0 radical (unpaired) electrons. The largest absolute Gasteiger partial charge is 0.375 e. The second-order valence-corrected chi connectivity index (χ2v) is 5.02. The molecule has 0 atom stereocenters. The van der Waals surface area contributed by atoms with E-state index in [9.17, 15) is 4.79 Å². The van der Waals surface area contributed by atoms with E-state index in [1.54, 1.807) is 11.0 Å². The van der Waals surface area contributed by atoms with Crippen molar-refractivity contribution in [2.45, 2.75) is 13.3 Å². The number of nitrogens with two attached hydrogens (primary N) is 1. The highest BCUT2D eigenvalue weighted by molar-refractivity contribution is 7.22. The van der Waals surface area contributed by atoms with Crippen molar-refractivity contribution >= 4 is 32.6 Å². The second kappa shape index (κ2) is 4.71. The number of thiazole rings is 1. The van der Waals surface area contributed by atoms with Crippen LogP contribution >= 0.6 is 11.3 Å². The first-order chi connectivity index (χ1) is 8.11. The van der Waals surface area contributed by atoms with Crippen molar-refractivity contribution in [2.75, 3.05) is 19.3 Å². The van der Waals surface area contributed by atoms with Gasteiger partial charge in [-0.25, -0.2) is 4.98 Å². The predicted molar refractivity (Wildman–Crippen MR) is 71.3 cm³/mol. The first kappa shape index (κ1) is 11.9. The molecule has 2 aromatic rings. The van der Waals surface area contributed by atoms with E-state index >= 15 is 0 Å². The smallest absolute Gasteiger partial charge is 0.253 e. The van der Waals surface area contributed by atoms with E-state index < -0.39 is 0 Å². The lowest BCUT2D eigenvalue weighted by molar-refractivity contribution is 0.0795. The Hall–Kier alpha value is -1.62. The number of hydrogen-bond donors (Lipinski definition) is 1. The highest BCUT2D eigenvalue weighted by Gasteiger charge is 2.12. The number of anilines is 1. The van der Waals surface area contributed by atoms with Crippen LogP contribution in [0.5, 0.6) is 0 Å². The third-order valence-electron chi connectivity index (χ3n) is 2.56. The van der Waals surface area contributed by atoms with E-state index in [4.69, 9.17) is 5.73 Å². The summed E-state index contributed by atoms with van der Waals surface area (Å²) < 4.78 is 0.957. The van der Waals surface area contributed by atoms with Gasteiger partial charge in [0.15, 0.2) is 5.13 Å². The van der Waals surface area contributed by atoms with Crippen molar-refractivity contribution in [3.63, 3.8) is 0 Å². The molecular formula is C12H15N3OS. The van der Waals surface area contributed by atoms with Gasteiger partial charge in [0.1, 0.15) is 0 Å². The van der Waals surface area contributed by atoms with E-state index in [0.29, 0.717) is 10.7 Å². The Morgan fingerprint density at radius 1 is 1.53 bits per heavy atom. The molecule has 2 rings (SSSR count). The third kappa shape index (κ3) is 2.39. The Kier molecular flexibility index (Phi) is 3.28. The summed E-state index contributed by atoms with van der Waals surface area (Å²) in [4.78, 5) is 18.0. The molecule has 0 aliphatic heterocycles. The summed E-state index contributed by atoms with van der Waals surface area (Å²) in [6.07, 6.45) is 0.956. The van der Waals surface area contributed by atoms with Crippen LogP contribution in [0.2, 0.25) is 0 Å². The van der Waals surface area contributed by atoms with Gasteiger partial charge in [0.25, 0.3) is 5.91 Å². The molecule has 0 unspecified atom stereocenters. The van der Waals surface area contributed by atoms with Gasteiger partial charge in [-0.05, 0) is 24.6 Å². The summed E-state index contributed by atoms with van der Waals surface area (Å²) >= 11 is 1.40. The Labute approximate surface area is 104 Å². The first-order valence-electron chi connectivity index (χ1n) is 5.53. The number of aromatic nitrogens is 1. The lowest BCUT2D eigenvalue weighted by Crippen LogP contribution is -2.27. The normalized spacial score (nSPS) is 10.7. The molecule has 17 heavy (non-hydrogen) atoms. The van der Waals surface area contributed by atoms with Gasteiger partial charge in [-0.3, -0.25) is 4.79 Å². The van der Waals surface area contributed by atoms with Crippen LogP contribution in [0.3, 0.4) is 0 Å². The number of benzene rings is 1. The molecule has 0 fully saturated rings. The zero-order chi connectivity index (χ0) is 12.4. The second-order valence-electron chi connectivity index (χ2n) is 3.96. The van der Waals surface area contributed by atoms with Crippen LogP contribution in [0, 0.1) is 0 Å². The average molecular weight is 249 g/mol. The van der Waals surface area contributed by atoms with Crippen LogP contribution in [0.1, 0.15) is 23.7 Å². The van der Waals surface area contributed by atoms with E-state index in [0.717, 1.165) is 23.2 Å². The molecule has 4 nitrogen and oxygen atoms in total. The summed E-state index contributed by atoms with van der Waals surface area (Å²) in [7, 11) is 1.82. The average Bonchev–Trinajstić information content (AvgIpc) is 2.67. The minimum Gasteiger partial charge on any atom is -0.375 e. The number of nitrogen functional groups attached to an aromatic ring is 1. The van der Waals surface area contributed by atoms with Crippen LogP contribution in [-0.4, -0.2) is 29.4 Å². The molecule has 2 N–H and O–H groups in total. The van der Waals surface area contributed by atoms with Crippen LogP contribution in [0.25, 0.3) is 10.2 Å². The minimum atomic E-state index is 0.0423. The molecule has 0 spiro atoms. The SMILES string of the molecule is CCCN(C)C(=O)c1ccc2nc(N)sc2c1. The maximum absolute atomic E-state index is 12.1. The highest BCUT2D eigenvalue weighted by Crippen LogP contribution is 2.24. The lowest BCUT2D eigenvalue weighted by atomic mass is 10.2. The van der Waals surface area contributed by atoms with Crippen molar-refractivity contribution in [1.82, 2.24) is 9.88 Å². The molecule has 1 heterocycles. The molecular weight excluding hydrogens is 234 g/mol. The number of rotatable bonds is 3. The first-order valence-corrected chi connectivity index (χ1v) is 6.35. The van der Waals surface area contributed by atoms with Crippen LogP contribution < -0.4 is 5.73 Å². The van der Waals surface area contributed by atoms with Gasteiger partial charge in [-0.1, -0.05) is 18.3 Å². The number of fused-ring (bicyclic) bond motifs is 1. The fraction of sp³-hybridized carbons (Fsp3) is 0.333. The number of nitrogens with zero attached hydrogens (tertiary/aromatic N) is 2. The number of carbonyl (C=O) groups excluding carboxylic acids is 1. The van der Waals surface area contributed by atoms with Gasteiger partial charge in [-0.15, -0.1) is 0 Å². The Balaban J connectivity index is 2.32. The number of carbonyl (C=O) groups is 1. The topological polar surface area (TPSA) is 59.2 Å². The Morgan fingerprint density at radius 2 is 2.29 bits per heavy atom. The fourth-order valence-electron chi connectivity index (χ4n) is 1.73. The summed E-state index contributed by atoms with van der Waals surface area (Å²) in [6.45, 7) is 2.82. The van der Waals surface area contributed by atoms with Gasteiger partial charge in [-0.2, -0.15) is 0 Å². The van der Waals surface area contributed by atoms with Gasteiger partial charge in [0.2, 0.25) is 0 Å². The summed E-state index contributed by atoms with van der Waals surface area (Å²) in [6, 6.07) is 5.50. The molecule has 0 aliphatic carbocycles. The fourth-order valence-corrected chi connectivity index (χ4v) is 2.51. The summed E-state index contributed by atoms with van der Waals surface area (Å²) in [5, 5.41) is 0.534. The van der Waals surface area contributed by atoms with Crippen molar-refractivity contribution in [2.24, 2.45) is 0 Å². The Morgan fingerprint density at radius 3 is 3.00 bits per heavy atom. The summed E-state index contributed by atoms with van der Waals surface area (Å²) in [5.41, 5.74) is 7.18. The van der Waals surface area contributed by atoms with Gasteiger partial charge in [0, 0.05) is 19.2 Å². The van der Waals surface area contributed by atoms with Crippen LogP contribution in [0.4, 0.5) is 5.13 Å². The van der Waals surface area contributed by atoms with Crippen LogP contribution in [0.15, 0.2) is 18.2 Å². The lowest BCUT2D eigenvalue weighted by Gasteiger charge is -2.15. The monoisotopic (exact) mass is 249 g/mol. The molecule has 0 saturated carbocycles. The molecule has 1 amide bonds. The maximum Gasteiger partial charge on any atom is 0.253 e. The molecule has 90 valence electrons. The van der Waals surface area contributed by atoms with Crippen molar-refractivity contribution in [1.29, 1.82) is 0 Å². The van der Waals surface area contributed by atoms with Gasteiger partial charge < -0.3 is 10.6 Å². The molecule has 0 aliphatic rings. The molecule has 0 saturated heterocycles. The van der Waals surface area contributed by atoms with Crippen molar-refractivity contribution in [3.8, 4) is 0 Å². The number of amides is 1. The third-order valence-corrected chi connectivity index (χ3v) is 3.40. The number of hydrogen-bond acceptors (Lipinski definition) is 4. The van der Waals surface area contributed by atoms with Crippen molar-refractivity contribution < 1.29 is 4.79 Å². The maximum atomic E-state index is 12.1. The standard InChI is InChI=1S/C12H15N3OS/c1-3-6-15(2)11(16)8-4-5-9-10(7-8)17-12(13)14-9/h4-5,7H,3,6H2,1-2H3,(H2,13,14). The van der Waals surface area contributed by atoms with E-state index in [1.165, 1.54) is 11.3 Å². The predicted octanol–water partition coefficient (Wildman–Crippen LogP) is 2.36. The quantitative estimate of drug-likeness (QED) is 0.908. The van der Waals surface area contributed by atoms with Gasteiger partial charge >= 0.3 is 0 Å². The highest BCUT2D eigenvalue weighted by atomic mass is 32.1. The summed E-state index contributed by atoms with van der Waals surface area (Å²) in [5.74, 6) is 0.0423.